The predicted molar refractivity (Wildman–Crippen MR) is 77.1 cm³/mol. The number of fused-ring (bicyclic) bond motifs is 1. The maximum Gasteiger partial charge on any atom is 0.257 e. The van der Waals surface area contributed by atoms with Crippen LogP contribution in [0.3, 0.4) is 0 Å². The van der Waals surface area contributed by atoms with Crippen molar-refractivity contribution in [3.63, 3.8) is 0 Å². The van der Waals surface area contributed by atoms with Crippen molar-refractivity contribution in [1.82, 2.24) is 9.88 Å². The molecular formula is C13H17N3O2S. The number of rotatable bonds is 4. The van der Waals surface area contributed by atoms with Crippen molar-refractivity contribution >= 4 is 34.5 Å². The maximum absolute atomic E-state index is 11.8. The Morgan fingerprint density at radius 3 is 2.95 bits per heavy atom. The van der Waals surface area contributed by atoms with Gasteiger partial charge in [-0.2, -0.15) is 0 Å². The molecule has 0 unspecified atom stereocenters. The van der Waals surface area contributed by atoms with E-state index in [1.165, 1.54) is 11.8 Å². The zero-order valence-electron chi connectivity index (χ0n) is 11.2. The Labute approximate surface area is 116 Å². The number of oxazole rings is 1. The minimum absolute atomic E-state index is 0.0572. The van der Waals surface area contributed by atoms with Crippen LogP contribution in [0.2, 0.25) is 0 Å². The molecule has 0 spiro atoms. The first-order valence-corrected chi connectivity index (χ1v) is 7.00. The Balaban J connectivity index is 2.04. The van der Waals surface area contributed by atoms with Gasteiger partial charge >= 0.3 is 0 Å². The molecule has 0 aliphatic carbocycles. The van der Waals surface area contributed by atoms with Crippen molar-refractivity contribution in [1.29, 1.82) is 0 Å². The lowest BCUT2D eigenvalue weighted by Gasteiger charge is -2.20. The summed E-state index contributed by atoms with van der Waals surface area (Å²) in [6.07, 6.45) is 0. The molecule has 0 aliphatic rings. The van der Waals surface area contributed by atoms with E-state index in [1.807, 2.05) is 13.8 Å². The second kappa shape index (κ2) is 5.52. The monoisotopic (exact) mass is 279 g/mol. The zero-order valence-corrected chi connectivity index (χ0v) is 12.0. The number of thioether (sulfide) groups is 1. The standard InChI is InChI=1S/C13H17N3O2S/c1-8(2)16(3)12(17)7-19-13-15-10-5-4-9(14)6-11(10)18-13/h4-6,8H,7,14H2,1-3H3. The predicted octanol–water partition coefficient (Wildman–Crippen LogP) is 2.37. The molecule has 5 nitrogen and oxygen atoms in total. The molecule has 2 aromatic rings. The van der Waals surface area contributed by atoms with Gasteiger partial charge in [0.25, 0.3) is 5.22 Å². The van der Waals surface area contributed by atoms with E-state index in [4.69, 9.17) is 10.2 Å². The van der Waals surface area contributed by atoms with E-state index in [-0.39, 0.29) is 11.9 Å². The minimum atomic E-state index is 0.0572. The summed E-state index contributed by atoms with van der Waals surface area (Å²) >= 11 is 1.30. The molecule has 2 N–H and O–H groups in total. The number of nitrogen functional groups attached to an aromatic ring is 1. The van der Waals surface area contributed by atoms with Gasteiger partial charge in [0.2, 0.25) is 5.91 Å². The summed E-state index contributed by atoms with van der Waals surface area (Å²) in [6.45, 7) is 3.95. The molecule has 6 heteroatoms. The van der Waals surface area contributed by atoms with E-state index in [0.29, 0.717) is 22.2 Å². The molecule has 0 bridgehead atoms. The first kappa shape index (κ1) is 13.7. The highest BCUT2D eigenvalue weighted by atomic mass is 32.2. The molecule has 0 fully saturated rings. The summed E-state index contributed by atoms with van der Waals surface area (Å²) in [5.41, 5.74) is 7.70. The summed E-state index contributed by atoms with van der Waals surface area (Å²) < 4.78 is 5.54. The van der Waals surface area contributed by atoms with Crippen LogP contribution in [0.4, 0.5) is 5.69 Å². The van der Waals surface area contributed by atoms with E-state index in [9.17, 15) is 4.79 Å². The van der Waals surface area contributed by atoms with Gasteiger partial charge in [-0.15, -0.1) is 0 Å². The fourth-order valence-corrected chi connectivity index (χ4v) is 2.26. The highest BCUT2D eigenvalue weighted by Crippen LogP contribution is 2.25. The molecule has 1 amide bonds. The Bertz CT molecular complexity index is 595. The third-order valence-corrected chi connectivity index (χ3v) is 3.69. The molecule has 0 radical (unpaired) electrons. The number of hydrogen-bond donors (Lipinski definition) is 1. The van der Waals surface area contributed by atoms with Crippen molar-refractivity contribution in [3.05, 3.63) is 18.2 Å². The van der Waals surface area contributed by atoms with Gasteiger partial charge in [-0.3, -0.25) is 4.79 Å². The quantitative estimate of drug-likeness (QED) is 0.687. The number of carbonyl (C=O) groups is 1. The van der Waals surface area contributed by atoms with Crippen LogP contribution >= 0.6 is 11.8 Å². The number of benzene rings is 1. The molecule has 0 aliphatic heterocycles. The smallest absolute Gasteiger partial charge is 0.257 e. The Morgan fingerprint density at radius 1 is 1.53 bits per heavy atom. The number of amides is 1. The summed E-state index contributed by atoms with van der Waals surface area (Å²) in [5, 5.41) is 0.492. The van der Waals surface area contributed by atoms with Gasteiger partial charge in [0.1, 0.15) is 5.52 Å². The lowest BCUT2D eigenvalue weighted by atomic mass is 10.3. The van der Waals surface area contributed by atoms with Crippen LogP contribution in [0.1, 0.15) is 13.8 Å². The first-order valence-electron chi connectivity index (χ1n) is 6.02. The average Bonchev–Trinajstić information content (AvgIpc) is 2.76. The van der Waals surface area contributed by atoms with Crippen molar-refractivity contribution in [2.45, 2.75) is 25.1 Å². The molecule has 2 rings (SSSR count). The van der Waals surface area contributed by atoms with E-state index in [2.05, 4.69) is 4.98 Å². The third-order valence-electron chi connectivity index (χ3n) is 2.88. The van der Waals surface area contributed by atoms with Crippen LogP contribution in [0.25, 0.3) is 11.1 Å². The minimum Gasteiger partial charge on any atom is -0.431 e. The van der Waals surface area contributed by atoms with Crippen molar-refractivity contribution in [3.8, 4) is 0 Å². The number of aromatic nitrogens is 1. The molecule has 102 valence electrons. The summed E-state index contributed by atoms with van der Waals surface area (Å²) in [5.74, 6) is 0.374. The first-order chi connectivity index (χ1) is 8.97. The molecule has 0 saturated heterocycles. The number of nitrogens with two attached hydrogens (primary N) is 1. The Kier molecular flexibility index (Phi) is 3.99. The third kappa shape index (κ3) is 3.20. The van der Waals surface area contributed by atoms with Crippen LogP contribution in [0.5, 0.6) is 0 Å². The molecule has 1 aromatic carbocycles. The number of carbonyl (C=O) groups excluding carboxylic acids is 1. The van der Waals surface area contributed by atoms with E-state index in [1.54, 1.807) is 30.1 Å². The van der Waals surface area contributed by atoms with Gasteiger partial charge in [-0.25, -0.2) is 4.98 Å². The molecule has 1 heterocycles. The SMILES string of the molecule is CC(C)N(C)C(=O)CSc1nc2ccc(N)cc2o1. The van der Waals surface area contributed by atoms with E-state index >= 15 is 0 Å². The lowest BCUT2D eigenvalue weighted by molar-refractivity contribution is -0.128. The van der Waals surface area contributed by atoms with Gasteiger partial charge < -0.3 is 15.1 Å². The number of nitrogens with zero attached hydrogens (tertiary/aromatic N) is 2. The van der Waals surface area contributed by atoms with Gasteiger partial charge in [0.05, 0.1) is 5.75 Å². The average molecular weight is 279 g/mol. The highest BCUT2D eigenvalue weighted by Gasteiger charge is 2.14. The van der Waals surface area contributed by atoms with E-state index < -0.39 is 0 Å². The van der Waals surface area contributed by atoms with Crippen molar-refractivity contribution < 1.29 is 9.21 Å². The zero-order chi connectivity index (χ0) is 14.0. The maximum atomic E-state index is 11.8. The Morgan fingerprint density at radius 2 is 2.26 bits per heavy atom. The van der Waals surface area contributed by atoms with Gasteiger partial charge in [0, 0.05) is 24.8 Å². The topological polar surface area (TPSA) is 72.4 Å². The van der Waals surface area contributed by atoms with Crippen LogP contribution < -0.4 is 5.73 Å². The van der Waals surface area contributed by atoms with Crippen molar-refractivity contribution in [2.24, 2.45) is 0 Å². The summed E-state index contributed by atoms with van der Waals surface area (Å²) in [6, 6.07) is 5.50. The number of anilines is 1. The lowest BCUT2D eigenvalue weighted by Crippen LogP contribution is -2.34. The fourth-order valence-electron chi connectivity index (χ4n) is 1.50. The van der Waals surface area contributed by atoms with Gasteiger partial charge in [-0.1, -0.05) is 11.8 Å². The summed E-state index contributed by atoms with van der Waals surface area (Å²) in [4.78, 5) is 17.8. The molecule has 1 aromatic heterocycles. The highest BCUT2D eigenvalue weighted by molar-refractivity contribution is 7.99. The van der Waals surface area contributed by atoms with Crippen LogP contribution in [0, 0.1) is 0 Å². The molecule has 0 saturated carbocycles. The molecule has 19 heavy (non-hydrogen) atoms. The van der Waals surface area contributed by atoms with E-state index in [0.717, 1.165) is 5.52 Å². The normalized spacial score (nSPS) is 11.2. The summed E-state index contributed by atoms with van der Waals surface area (Å²) in [7, 11) is 1.79. The Hall–Kier alpha value is -1.69. The van der Waals surface area contributed by atoms with Gasteiger partial charge in [-0.05, 0) is 26.0 Å². The number of hydrogen-bond acceptors (Lipinski definition) is 5. The van der Waals surface area contributed by atoms with Gasteiger partial charge in [0.15, 0.2) is 5.58 Å². The van der Waals surface area contributed by atoms with Crippen LogP contribution in [0.15, 0.2) is 27.8 Å². The van der Waals surface area contributed by atoms with Crippen LogP contribution in [-0.4, -0.2) is 34.6 Å². The second-order valence-corrected chi connectivity index (χ2v) is 5.52. The van der Waals surface area contributed by atoms with Crippen LogP contribution in [-0.2, 0) is 4.79 Å². The molecular weight excluding hydrogens is 262 g/mol. The molecule has 0 atom stereocenters. The second-order valence-electron chi connectivity index (χ2n) is 4.59. The fraction of sp³-hybridized carbons (Fsp3) is 0.385. The van der Waals surface area contributed by atoms with Crippen molar-refractivity contribution in [2.75, 3.05) is 18.5 Å². The largest absolute Gasteiger partial charge is 0.431 e.